The summed E-state index contributed by atoms with van der Waals surface area (Å²) in [6.45, 7) is 6.78. The van der Waals surface area contributed by atoms with Gasteiger partial charge in [0.2, 0.25) is 0 Å². The van der Waals surface area contributed by atoms with Crippen molar-refractivity contribution in [3.8, 4) is 11.5 Å². The van der Waals surface area contributed by atoms with Gasteiger partial charge in [-0.25, -0.2) is 0 Å². The number of carboxylic acids is 1. The van der Waals surface area contributed by atoms with Gasteiger partial charge in [-0.3, -0.25) is 9.59 Å². The Morgan fingerprint density at radius 1 is 0.781 bits per heavy atom. The lowest BCUT2D eigenvalue weighted by Gasteiger charge is -2.20. The van der Waals surface area contributed by atoms with Gasteiger partial charge in [0.25, 0.3) is 0 Å². The maximum Gasteiger partial charge on any atom is 0.327 e. The number of ether oxygens (including phenoxy) is 2. The van der Waals surface area contributed by atoms with E-state index in [1.54, 1.807) is 76.2 Å². The summed E-state index contributed by atoms with van der Waals surface area (Å²) in [5.74, 6) is -1.42. The molecule has 0 N–H and O–H groups in total. The molecule has 0 radical (unpaired) electrons. The van der Waals surface area contributed by atoms with E-state index in [-0.39, 0.29) is 12.3 Å². The second-order valence-corrected chi connectivity index (χ2v) is 12.3. The Morgan fingerprint density at radius 3 is 1.41 bits per heavy atom. The summed E-state index contributed by atoms with van der Waals surface area (Å²) in [5.41, 5.74) is 1.71. The van der Waals surface area contributed by atoms with Crippen molar-refractivity contribution in [1.29, 1.82) is 0 Å². The van der Waals surface area contributed by atoms with E-state index in [1.165, 1.54) is 0 Å². The number of carbonyl (C=O) groups excluding carboxylic acids is 3. The predicted octanol–water partition coefficient (Wildman–Crippen LogP) is 4.51. The molecule has 0 aliphatic heterocycles. The predicted molar refractivity (Wildman–Crippen MR) is 126 cm³/mol. The van der Waals surface area contributed by atoms with Gasteiger partial charge in [0.15, 0.2) is 0 Å². The zero-order valence-corrected chi connectivity index (χ0v) is 21.5. The van der Waals surface area contributed by atoms with Crippen LogP contribution in [0.1, 0.15) is 57.6 Å². The Balaban J connectivity index is 2.23. The Hall–Kier alpha value is -2.19. The molecule has 172 valence electrons. The van der Waals surface area contributed by atoms with E-state index in [0.717, 1.165) is 11.1 Å². The molecule has 0 bridgehead atoms. The second kappa shape index (κ2) is 10.6. The second-order valence-electron chi connectivity index (χ2n) is 8.33. The number of carboxylic acid groups (broad SMARTS) is 1. The molecule has 0 amide bonds. The molecule has 0 heterocycles. The molecular weight excluding hydrogens is 544 g/mol. The molecule has 0 spiro atoms. The molecule has 0 unspecified atom stereocenters. The van der Waals surface area contributed by atoms with Crippen molar-refractivity contribution in [2.75, 3.05) is 0 Å². The Bertz CT molecular complexity index is 882. The highest BCUT2D eigenvalue weighted by Gasteiger charge is 2.27. The summed E-state index contributed by atoms with van der Waals surface area (Å²) in [6, 6.07) is 13.9. The third-order valence-electron chi connectivity index (χ3n) is 4.59. The lowest BCUT2D eigenvalue weighted by molar-refractivity contribution is -0.305. The number of benzene rings is 2. The van der Waals surface area contributed by atoms with Crippen molar-refractivity contribution in [3.05, 3.63) is 59.7 Å². The number of rotatable bonds is 9. The largest absolute Gasteiger partial charge is 0.550 e. The summed E-state index contributed by atoms with van der Waals surface area (Å²) >= 11 is 6.53. The van der Waals surface area contributed by atoms with Crippen LogP contribution in [0.5, 0.6) is 11.5 Å². The average molecular weight is 569 g/mol. The van der Waals surface area contributed by atoms with Gasteiger partial charge in [-0.15, -0.1) is 0 Å². The first-order valence-electron chi connectivity index (χ1n) is 9.99. The van der Waals surface area contributed by atoms with Gasteiger partial charge < -0.3 is 19.4 Å². The summed E-state index contributed by atoms with van der Waals surface area (Å²) in [5, 5.41) is 11.1. The van der Waals surface area contributed by atoms with Crippen LogP contribution in [0.25, 0.3) is 0 Å². The lowest BCUT2D eigenvalue weighted by Crippen LogP contribution is -2.29. The quantitative estimate of drug-likeness (QED) is 0.251. The minimum absolute atomic E-state index is 0.117. The van der Waals surface area contributed by atoms with Gasteiger partial charge in [0, 0.05) is 11.9 Å². The van der Waals surface area contributed by atoms with Crippen molar-refractivity contribution in [2.45, 2.75) is 55.1 Å². The minimum atomic E-state index is -1.13. The number of halogens is 2. The number of alkyl halides is 2. The highest BCUT2D eigenvalue weighted by molar-refractivity contribution is 9.10. The summed E-state index contributed by atoms with van der Waals surface area (Å²) in [7, 11) is 0. The van der Waals surface area contributed by atoms with Crippen LogP contribution in [0.3, 0.4) is 0 Å². The van der Waals surface area contributed by atoms with Gasteiger partial charge in [-0.1, -0.05) is 56.1 Å². The zero-order valence-electron chi connectivity index (χ0n) is 18.3. The van der Waals surface area contributed by atoms with Crippen molar-refractivity contribution in [2.24, 2.45) is 0 Å². The van der Waals surface area contributed by atoms with Crippen molar-refractivity contribution < 1.29 is 29.0 Å². The van der Waals surface area contributed by atoms with Gasteiger partial charge in [-0.05, 0) is 75.9 Å². The smallest absolute Gasteiger partial charge is 0.327 e. The van der Waals surface area contributed by atoms with E-state index >= 15 is 0 Å². The fourth-order valence-corrected chi connectivity index (χ4v) is 2.94. The molecule has 8 heteroatoms. The maximum absolute atomic E-state index is 12.0. The monoisotopic (exact) mass is 567 g/mol. The molecule has 0 saturated carbocycles. The first-order chi connectivity index (χ1) is 14.8. The van der Waals surface area contributed by atoms with Crippen LogP contribution in [0.2, 0.25) is 0 Å². The highest BCUT2D eigenvalue weighted by Crippen LogP contribution is 2.32. The number of hydrogen-bond acceptors (Lipinski definition) is 6. The Morgan fingerprint density at radius 2 is 1.12 bits per heavy atom. The molecular formula is C24H25Br2O6-. The van der Waals surface area contributed by atoms with Gasteiger partial charge in [-0.2, -0.15) is 0 Å². The third kappa shape index (κ3) is 7.74. The topological polar surface area (TPSA) is 92.7 Å². The van der Waals surface area contributed by atoms with Gasteiger partial charge in [0.1, 0.15) is 20.1 Å². The number of esters is 2. The fourth-order valence-electron chi connectivity index (χ4n) is 2.78. The SMILES string of the molecule is CC(C)(Br)C(=O)Oc1ccc(C(CCC(=O)[O-])c2ccc(OC(=O)C(C)(C)Br)cc2)cc1. The van der Waals surface area contributed by atoms with E-state index in [0.29, 0.717) is 17.9 Å². The molecule has 2 aromatic carbocycles. The highest BCUT2D eigenvalue weighted by atomic mass is 79.9. The summed E-state index contributed by atoms with van der Waals surface area (Å²) in [6.07, 6.45) is 0.206. The van der Waals surface area contributed by atoms with Crippen LogP contribution in [0.4, 0.5) is 0 Å². The van der Waals surface area contributed by atoms with E-state index in [2.05, 4.69) is 31.9 Å². The molecule has 2 rings (SSSR count). The molecule has 0 saturated heterocycles. The lowest BCUT2D eigenvalue weighted by atomic mass is 9.87. The molecule has 2 aromatic rings. The van der Waals surface area contributed by atoms with E-state index in [9.17, 15) is 19.5 Å². The zero-order chi connectivity index (χ0) is 24.1. The van der Waals surface area contributed by atoms with Crippen molar-refractivity contribution in [1.82, 2.24) is 0 Å². The summed E-state index contributed by atoms with van der Waals surface area (Å²) in [4.78, 5) is 35.2. The Labute approximate surface area is 204 Å². The molecule has 32 heavy (non-hydrogen) atoms. The number of hydrogen-bond donors (Lipinski definition) is 0. The van der Waals surface area contributed by atoms with Crippen LogP contribution < -0.4 is 14.6 Å². The first-order valence-corrected chi connectivity index (χ1v) is 11.6. The molecule has 0 aromatic heterocycles. The maximum atomic E-state index is 12.0. The molecule has 0 fully saturated rings. The molecule has 0 aliphatic rings. The van der Waals surface area contributed by atoms with Crippen LogP contribution in [0, 0.1) is 0 Å². The van der Waals surface area contributed by atoms with Crippen LogP contribution >= 0.6 is 31.9 Å². The van der Waals surface area contributed by atoms with Crippen molar-refractivity contribution >= 4 is 49.8 Å². The molecule has 0 aliphatic carbocycles. The third-order valence-corrected chi connectivity index (χ3v) is 5.24. The van der Waals surface area contributed by atoms with Gasteiger partial charge in [0.05, 0.1) is 0 Å². The number of carbonyl (C=O) groups is 3. The van der Waals surface area contributed by atoms with E-state index < -0.39 is 26.6 Å². The van der Waals surface area contributed by atoms with Crippen LogP contribution in [-0.2, 0) is 14.4 Å². The van der Waals surface area contributed by atoms with Crippen LogP contribution in [0.15, 0.2) is 48.5 Å². The molecule has 0 atom stereocenters. The van der Waals surface area contributed by atoms with Gasteiger partial charge >= 0.3 is 11.9 Å². The molecule has 6 nitrogen and oxygen atoms in total. The summed E-state index contributed by atoms with van der Waals surface area (Å²) < 4.78 is 9.10. The first kappa shape index (κ1) is 26.1. The fraction of sp³-hybridized carbons (Fsp3) is 0.375. The van der Waals surface area contributed by atoms with Crippen molar-refractivity contribution in [3.63, 3.8) is 0 Å². The van der Waals surface area contributed by atoms with E-state index in [4.69, 9.17) is 9.47 Å². The normalized spacial score (nSPS) is 11.8. The average Bonchev–Trinajstić information content (AvgIpc) is 2.68. The van der Waals surface area contributed by atoms with Crippen LogP contribution in [-0.4, -0.2) is 26.6 Å². The van der Waals surface area contributed by atoms with E-state index in [1.807, 2.05) is 0 Å². The minimum Gasteiger partial charge on any atom is -0.550 e. The standard InChI is InChI=1S/C24H26Br2O6/c1-23(2,25)21(29)31-17-9-5-15(6-10-17)19(13-14-20(27)28)16-7-11-18(12-8-16)32-22(30)24(3,4)26/h5-12,19H,13-14H2,1-4H3,(H,27,28)/p-1. The number of aliphatic carboxylic acids is 1. The Kier molecular flexibility index (Phi) is 8.65.